The first-order chi connectivity index (χ1) is 13.2. The molecule has 1 fully saturated rings. The van der Waals surface area contributed by atoms with Gasteiger partial charge in [-0.3, -0.25) is 4.90 Å². The average Bonchev–Trinajstić information content (AvgIpc) is 3.13. The van der Waals surface area contributed by atoms with E-state index in [4.69, 9.17) is 5.73 Å². The molecule has 1 aromatic heterocycles. The topological polar surface area (TPSA) is 81.2 Å². The van der Waals surface area contributed by atoms with Gasteiger partial charge in [-0.2, -0.15) is 20.9 Å². The van der Waals surface area contributed by atoms with Gasteiger partial charge in [-0.15, -0.1) is 0 Å². The van der Waals surface area contributed by atoms with Gasteiger partial charge in [-0.1, -0.05) is 0 Å². The molecule has 0 radical (unpaired) electrons. The first-order valence-electron chi connectivity index (χ1n) is 9.06. The van der Waals surface area contributed by atoms with Crippen LogP contribution in [0.3, 0.4) is 0 Å². The van der Waals surface area contributed by atoms with E-state index in [2.05, 4.69) is 10.00 Å². The fourth-order valence-electron chi connectivity index (χ4n) is 3.98. The lowest BCUT2D eigenvalue weighted by Gasteiger charge is -2.29. The minimum atomic E-state index is -3.39. The highest BCUT2D eigenvalue weighted by molar-refractivity contribution is 7.99. The summed E-state index contributed by atoms with van der Waals surface area (Å²) in [5, 5.41) is 3.90. The van der Waals surface area contributed by atoms with Gasteiger partial charge in [-0.05, 0) is 36.8 Å². The van der Waals surface area contributed by atoms with Crippen LogP contribution in [0.4, 0.5) is 8.78 Å². The minimum Gasteiger partial charge on any atom is -0.326 e. The molecule has 2 aliphatic rings. The second-order valence-corrected chi connectivity index (χ2v) is 10.5. The van der Waals surface area contributed by atoms with Gasteiger partial charge >= 0.3 is 0 Å². The van der Waals surface area contributed by atoms with E-state index in [-0.39, 0.29) is 17.3 Å². The molecule has 2 aromatic rings. The van der Waals surface area contributed by atoms with Gasteiger partial charge in [-0.25, -0.2) is 17.2 Å². The Morgan fingerprint density at radius 3 is 2.79 bits per heavy atom. The van der Waals surface area contributed by atoms with Crippen molar-refractivity contribution in [2.24, 2.45) is 5.73 Å². The predicted molar refractivity (Wildman–Crippen MR) is 104 cm³/mol. The van der Waals surface area contributed by atoms with Crippen molar-refractivity contribution >= 4 is 21.8 Å². The fourth-order valence-corrected chi connectivity index (χ4v) is 5.92. The first-order valence-corrected chi connectivity index (χ1v) is 12.0. The maximum atomic E-state index is 14.2. The Labute approximate surface area is 167 Å². The third-order valence-corrected chi connectivity index (χ3v) is 7.69. The highest BCUT2D eigenvalue weighted by Crippen LogP contribution is 2.40. The molecule has 3 atom stereocenters. The largest absolute Gasteiger partial charge is 0.326 e. The number of thioether (sulfide) groups is 1. The van der Waals surface area contributed by atoms with Crippen LogP contribution in [0.5, 0.6) is 0 Å². The van der Waals surface area contributed by atoms with E-state index in [1.54, 1.807) is 18.0 Å². The Morgan fingerprint density at radius 1 is 1.29 bits per heavy atom. The first kappa shape index (κ1) is 19.8. The molecule has 2 N–H and O–H groups in total. The predicted octanol–water partition coefficient (Wildman–Crippen LogP) is 2.25. The quantitative estimate of drug-likeness (QED) is 0.808. The SMILES string of the molecule is CS(=O)(=O)n1cc2c(n1)CN(C1CCS[C@H](c3cc(F)ccc3F)[C@@H](N)C1)C2. The number of nitrogens with zero attached hydrogens (tertiary/aromatic N) is 3. The van der Waals surface area contributed by atoms with E-state index >= 15 is 0 Å². The van der Waals surface area contributed by atoms with Crippen LogP contribution in [0.15, 0.2) is 24.4 Å². The lowest BCUT2D eigenvalue weighted by atomic mass is 9.97. The second-order valence-electron chi connectivity index (χ2n) is 7.44. The molecule has 0 amide bonds. The Morgan fingerprint density at radius 2 is 2.07 bits per heavy atom. The van der Waals surface area contributed by atoms with E-state index < -0.39 is 21.7 Å². The van der Waals surface area contributed by atoms with Crippen LogP contribution in [-0.2, 0) is 23.1 Å². The molecule has 3 heterocycles. The van der Waals surface area contributed by atoms with Gasteiger partial charge in [0.2, 0.25) is 0 Å². The summed E-state index contributed by atoms with van der Waals surface area (Å²) >= 11 is 1.57. The highest BCUT2D eigenvalue weighted by atomic mass is 32.2. The van der Waals surface area contributed by atoms with Crippen LogP contribution in [0.1, 0.15) is 34.9 Å². The Bertz CT molecular complexity index is 972. The van der Waals surface area contributed by atoms with Crippen LogP contribution in [-0.4, -0.2) is 46.6 Å². The lowest BCUT2D eigenvalue weighted by molar-refractivity contribution is 0.175. The van der Waals surface area contributed by atoms with Crippen molar-refractivity contribution in [3.8, 4) is 0 Å². The summed E-state index contributed by atoms with van der Waals surface area (Å²) in [5.74, 6) is -0.0992. The zero-order chi connectivity index (χ0) is 20.1. The molecule has 2 aliphatic heterocycles. The number of hydrogen-bond acceptors (Lipinski definition) is 6. The third kappa shape index (κ3) is 3.83. The smallest absolute Gasteiger partial charge is 0.250 e. The summed E-state index contributed by atoms with van der Waals surface area (Å²) in [6.07, 6.45) is 4.23. The van der Waals surface area contributed by atoms with E-state index in [1.807, 2.05) is 0 Å². The van der Waals surface area contributed by atoms with E-state index in [0.29, 0.717) is 25.1 Å². The van der Waals surface area contributed by atoms with Crippen molar-refractivity contribution in [3.05, 3.63) is 52.9 Å². The maximum absolute atomic E-state index is 14.2. The number of fused-ring (bicyclic) bond motifs is 1. The second kappa shape index (κ2) is 7.40. The van der Waals surface area contributed by atoms with Gasteiger partial charge in [0.1, 0.15) is 11.6 Å². The normalized spacial score (nSPS) is 26.2. The Hall–Kier alpha value is -1.49. The van der Waals surface area contributed by atoms with Crippen molar-refractivity contribution in [2.45, 2.75) is 43.3 Å². The number of hydrogen-bond donors (Lipinski definition) is 1. The lowest BCUT2D eigenvalue weighted by Crippen LogP contribution is -2.37. The van der Waals surface area contributed by atoms with Crippen LogP contribution < -0.4 is 5.73 Å². The third-order valence-electron chi connectivity index (χ3n) is 5.38. The standard InChI is InChI=1S/C18H22F2N4O2S2/c1-28(25,26)24-9-11-8-23(10-17(11)22-24)13-4-5-27-18(16(21)7-13)14-6-12(19)2-3-15(14)20/h2-3,6,9,13,16,18H,4-5,7-8,10,21H2,1H3/t13?,16-,18+/m0/s1. The molecule has 1 saturated heterocycles. The van der Waals surface area contributed by atoms with E-state index in [1.165, 1.54) is 6.07 Å². The Balaban J connectivity index is 1.48. The summed E-state index contributed by atoms with van der Waals surface area (Å²) in [6, 6.07) is 3.39. The van der Waals surface area contributed by atoms with Crippen LogP contribution >= 0.6 is 11.8 Å². The number of nitrogens with two attached hydrogens (primary N) is 1. The van der Waals surface area contributed by atoms with Crippen LogP contribution in [0, 0.1) is 11.6 Å². The zero-order valence-corrected chi connectivity index (χ0v) is 17.0. The summed E-state index contributed by atoms with van der Waals surface area (Å²) in [4.78, 5) is 2.25. The molecule has 4 rings (SSSR count). The van der Waals surface area contributed by atoms with Crippen molar-refractivity contribution < 1.29 is 17.2 Å². The van der Waals surface area contributed by atoms with Gasteiger partial charge < -0.3 is 5.73 Å². The van der Waals surface area contributed by atoms with Gasteiger partial charge in [0.05, 0.1) is 11.9 Å². The Kier molecular flexibility index (Phi) is 5.24. The number of aromatic nitrogens is 2. The molecule has 0 aliphatic carbocycles. The fraction of sp³-hybridized carbons (Fsp3) is 0.500. The van der Waals surface area contributed by atoms with Crippen LogP contribution in [0.25, 0.3) is 0 Å². The maximum Gasteiger partial charge on any atom is 0.250 e. The van der Waals surface area contributed by atoms with Crippen LogP contribution in [0.2, 0.25) is 0 Å². The summed E-state index contributed by atoms with van der Waals surface area (Å²) in [6.45, 7) is 1.19. The van der Waals surface area contributed by atoms with E-state index in [0.717, 1.165) is 45.9 Å². The molecule has 0 saturated carbocycles. The van der Waals surface area contributed by atoms with Crippen molar-refractivity contribution in [1.29, 1.82) is 0 Å². The monoisotopic (exact) mass is 428 g/mol. The molecule has 1 aromatic carbocycles. The summed E-state index contributed by atoms with van der Waals surface area (Å²) in [5.41, 5.74) is 8.41. The molecule has 0 bridgehead atoms. The highest BCUT2D eigenvalue weighted by Gasteiger charge is 2.35. The van der Waals surface area contributed by atoms with Crippen molar-refractivity contribution in [1.82, 2.24) is 14.1 Å². The molecule has 10 heteroatoms. The molecular formula is C18H22F2N4O2S2. The van der Waals surface area contributed by atoms with Crippen molar-refractivity contribution in [3.63, 3.8) is 0 Å². The molecule has 6 nitrogen and oxygen atoms in total. The van der Waals surface area contributed by atoms with E-state index in [9.17, 15) is 17.2 Å². The average molecular weight is 429 g/mol. The minimum absolute atomic E-state index is 0.185. The molecule has 0 spiro atoms. The number of halogens is 2. The number of rotatable bonds is 3. The van der Waals surface area contributed by atoms with Crippen molar-refractivity contribution in [2.75, 3.05) is 12.0 Å². The number of benzene rings is 1. The molecular weight excluding hydrogens is 406 g/mol. The summed E-state index contributed by atoms with van der Waals surface area (Å²) in [7, 11) is -3.39. The molecule has 152 valence electrons. The molecule has 1 unspecified atom stereocenters. The van der Waals surface area contributed by atoms with Gasteiger partial charge in [0.15, 0.2) is 0 Å². The van der Waals surface area contributed by atoms with Gasteiger partial charge in [0.25, 0.3) is 10.0 Å². The summed E-state index contributed by atoms with van der Waals surface area (Å²) < 4.78 is 52.1. The van der Waals surface area contributed by atoms with Gasteiger partial charge in [0, 0.05) is 47.7 Å². The zero-order valence-electron chi connectivity index (χ0n) is 15.4. The molecule has 28 heavy (non-hydrogen) atoms.